The summed E-state index contributed by atoms with van der Waals surface area (Å²) in [4.78, 5) is 23.3. The molecule has 0 aromatic rings. The maximum Gasteiger partial charge on any atom is 0.405 e. The Labute approximate surface area is 95.6 Å². The summed E-state index contributed by atoms with van der Waals surface area (Å²) in [5, 5.41) is 10.5. The number of carbonyl (C=O) groups is 2. The van der Waals surface area contributed by atoms with Gasteiger partial charge in [-0.1, -0.05) is 0 Å². The molecule has 1 heterocycles. The van der Waals surface area contributed by atoms with Gasteiger partial charge in [0.05, 0.1) is 6.54 Å². The van der Waals surface area contributed by atoms with Gasteiger partial charge in [-0.05, 0) is 19.4 Å². The molecule has 0 saturated carbocycles. The standard InChI is InChI=1S/C9H13F3N2O3/c10-9(11,12)5-13-7(15)4-14-3-1-2-6(14)8(16)17/h6H,1-5H2,(H,13,15)(H,16,17)/t6-/m0/s1. The van der Waals surface area contributed by atoms with Crippen LogP contribution in [0.3, 0.4) is 0 Å². The molecule has 0 aromatic heterocycles. The maximum absolute atomic E-state index is 11.8. The molecule has 0 bridgehead atoms. The van der Waals surface area contributed by atoms with Gasteiger partial charge in [0.1, 0.15) is 12.6 Å². The number of likely N-dealkylation sites (tertiary alicyclic amines) is 1. The van der Waals surface area contributed by atoms with Crippen LogP contribution in [0.15, 0.2) is 0 Å². The largest absolute Gasteiger partial charge is 0.480 e. The van der Waals surface area contributed by atoms with Crippen LogP contribution in [0, 0.1) is 0 Å². The van der Waals surface area contributed by atoms with Crippen molar-refractivity contribution >= 4 is 11.9 Å². The highest BCUT2D eigenvalue weighted by Gasteiger charge is 2.33. The van der Waals surface area contributed by atoms with E-state index in [9.17, 15) is 22.8 Å². The fraction of sp³-hybridized carbons (Fsp3) is 0.778. The lowest BCUT2D eigenvalue weighted by Gasteiger charge is -2.20. The maximum atomic E-state index is 11.8. The average Bonchev–Trinajstić information content (AvgIpc) is 2.62. The molecule has 0 aliphatic carbocycles. The molecular formula is C9H13F3N2O3. The zero-order chi connectivity index (χ0) is 13.1. The number of nitrogens with zero attached hydrogens (tertiary/aromatic N) is 1. The van der Waals surface area contributed by atoms with E-state index in [2.05, 4.69) is 0 Å². The predicted molar refractivity (Wildman–Crippen MR) is 51.3 cm³/mol. The molecule has 0 unspecified atom stereocenters. The molecule has 1 amide bonds. The van der Waals surface area contributed by atoms with Gasteiger partial charge >= 0.3 is 12.1 Å². The molecular weight excluding hydrogens is 241 g/mol. The molecule has 1 rings (SSSR count). The molecule has 1 fully saturated rings. The van der Waals surface area contributed by atoms with Gasteiger partial charge < -0.3 is 10.4 Å². The monoisotopic (exact) mass is 254 g/mol. The van der Waals surface area contributed by atoms with Crippen LogP contribution in [0.2, 0.25) is 0 Å². The molecule has 1 aliphatic rings. The number of hydrogen-bond acceptors (Lipinski definition) is 3. The van der Waals surface area contributed by atoms with Gasteiger partial charge in [0.2, 0.25) is 5.91 Å². The van der Waals surface area contributed by atoms with E-state index in [1.807, 2.05) is 0 Å². The molecule has 2 N–H and O–H groups in total. The van der Waals surface area contributed by atoms with Crippen LogP contribution in [0.5, 0.6) is 0 Å². The number of aliphatic carboxylic acids is 1. The first-order valence-corrected chi connectivity index (χ1v) is 5.10. The number of amides is 1. The van der Waals surface area contributed by atoms with Crippen molar-refractivity contribution in [3.8, 4) is 0 Å². The Hall–Kier alpha value is -1.31. The topological polar surface area (TPSA) is 69.6 Å². The predicted octanol–water partition coefficient (Wildman–Crippen LogP) is 0.214. The Morgan fingerprint density at radius 3 is 2.59 bits per heavy atom. The lowest BCUT2D eigenvalue weighted by Crippen LogP contribution is -2.44. The number of carboxylic acids is 1. The Morgan fingerprint density at radius 2 is 2.06 bits per heavy atom. The van der Waals surface area contributed by atoms with E-state index >= 15 is 0 Å². The summed E-state index contributed by atoms with van der Waals surface area (Å²) in [6.45, 7) is -1.29. The first-order valence-electron chi connectivity index (χ1n) is 5.10. The molecule has 1 aliphatic heterocycles. The third-order valence-corrected chi connectivity index (χ3v) is 2.48. The second-order valence-electron chi connectivity index (χ2n) is 3.86. The molecule has 1 atom stereocenters. The first-order chi connectivity index (χ1) is 7.79. The van der Waals surface area contributed by atoms with Gasteiger partial charge in [0, 0.05) is 0 Å². The molecule has 98 valence electrons. The van der Waals surface area contributed by atoms with Gasteiger partial charge in [-0.15, -0.1) is 0 Å². The highest BCUT2D eigenvalue weighted by molar-refractivity contribution is 5.80. The second kappa shape index (κ2) is 5.35. The zero-order valence-electron chi connectivity index (χ0n) is 8.96. The first kappa shape index (κ1) is 13.8. The lowest BCUT2D eigenvalue weighted by atomic mass is 10.2. The van der Waals surface area contributed by atoms with Gasteiger partial charge in [-0.2, -0.15) is 13.2 Å². The van der Waals surface area contributed by atoms with E-state index in [0.717, 1.165) is 0 Å². The molecule has 0 radical (unpaired) electrons. The van der Waals surface area contributed by atoms with E-state index in [0.29, 0.717) is 19.4 Å². The fourth-order valence-electron chi connectivity index (χ4n) is 1.73. The van der Waals surface area contributed by atoms with Gasteiger partial charge in [0.15, 0.2) is 0 Å². The van der Waals surface area contributed by atoms with Crippen LogP contribution < -0.4 is 5.32 Å². The van der Waals surface area contributed by atoms with Crippen molar-refractivity contribution in [2.45, 2.75) is 25.1 Å². The summed E-state index contributed by atoms with van der Waals surface area (Å²) in [5.74, 6) is -1.86. The van der Waals surface area contributed by atoms with E-state index in [4.69, 9.17) is 5.11 Å². The van der Waals surface area contributed by atoms with Crippen molar-refractivity contribution in [3.05, 3.63) is 0 Å². The molecule has 1 saturated heterocycles. The number of hydrogen-bond donors (Lipinski definition) is 2. The van der Waals surface area contributed by atoms with Crippen LogP contribution in [-0.4, -0.2) is 53.7 Å². The highest BCUT2D eigenvalue weighted by Crippen LogP contribution is 2.17. The quantitative estimate of drug-likeness (QED) is 0.752. The SMILES string of the molecule is O=C(CN1CCC[C@H]1C(=O)O)NCC(F)(F)F. The Balaban J connectivity index is 2.38. The number of carboxylic acid groups (broad SMARTS) is 1. The number of rotatable bonds is 4. The molecule has 5 nitrogen and oxygen atoms in total. The lowest BCUT2D eigenvalue weighted by molar-refractivity contribution is -0.144. The molecule has 0 spiro atoms. The molecule has 0 aromatic carbocycles. The van der Waals surface area contributed by atoms with Crippen molar-refractivity contribution in [2.75, 3.05) is 19.6 Å². The smallest absolute Gasteiger partial charge is 0.405 e. The molecule has 8 heteroatoms. The van der Waals surface area contributed by atoms with Crippen LogP contribution in [0.4, 0.5) is 13.2 Å². The summed E-state index contributed by atoms with van der Waals surface area (Å²) < 4.78 is 35.4. The summed E-state index contributed by atoms with van der Waals surface area (Å²) in [6.07, 6.45) is -3.40. The van der Waals surface area contributed by atoms with Gasteiger partial charge in [-0.3, -0.25) is 14.5 Å². The normalized spacial score (nSPS) is 21.5. The minimum absolute atomic E-state index is 0.312. The van der Waals surface area contributed by atoms with Crippen molar-refractivity contribution in [3.63, 3.8) is 0 Å². The van der Waals surface area contributed by atoms with E-state index in [-0.39, 0.29) is 6.54 Å². The fourth-order valence-corrected chi connectivity index (χ4v) is 1.73. The Morgan fingerprint density at radius 1 is 1.41 bits per heavy atom. The summed E-state index contributed by atoms with van der Waals surface area (Å²) in [6, 6.07) is -0.772. The number of nitrogens with one attached hydrogen (secondary N) is 1. The average molecular weight is 254 g/mol. The highest BCUT2D eigenvalue weighted by atomic mass is 19.4. The van der Waals surface area contributed by atoms with Crippen LogP contribution in [-0.2, 0) is 9.59 Å². The second-order valence-corrected chi connectivity index (χ2v) is 3.86. The molecule has 17 heavy (non-hydrogen) atoms. The van der Waals surface area contributed by atoms with Crippen LogP contribution in [0.1, 0.15) is 12.8 Å². The van der Waals surface area contributed by atoms with E-state index < -0.39 is 30.6 Å². The van der Waals surface area contributed by atoms with Gasteiger partial charge in [0.25, 0.3) is 0 Å². The van der Waals surface area contributed by atoms with Crippen LogP contribution >= 0.6 is 0 Å². The Bertz CT molecular complexity index is 306. The summed E-state index contributed by atoms with van der Waals surface area (Å²) >= 11 is 0. The number of halogens is 3. The van der Waals surface area contributed by atoms with Crippen molar-refractivity contribution in [1.82, 2.24) is 10.2 Å². The Kier molecular flexibility index (Phi) is 4.33. The third kappa shape index (κ3) is 4.59. The summed E-state index contributed by atoms with van der Waals surface area (Å²) in [5.41, 5.74) is 0. The van der Waals surface area contributed by atoms with Crippen molar-refractivity contribution in [1.29, 1.82) is 0 Å². The van der Waals surface area contributed by atoms with Crippen LogP contribution in [0.25, 0.3) is 0 Å². The van der Waals surface area contributed by atoms with Crippen molar-refractivity contribution < 1.29 is 27.9 Å². The summed E-state index contributed by atoms with van der Waals surface area (Å²) in [7, 11) is 0. The third-order valence-electron chi connectivity index (χ3n) is 2.48. The number of carbonyl (C=O) groups excluding carboxylic acids is 1. The minimum Gasteiger partial charge on any atom is -0.480 e. The van der Waals surface area contributed by atoms with E-state index in [1.54, 1.807) is 5.32 Å². The minimum atomic E-state index is -4.45. The number of alkyl halides is 3. The van der Waals surface area contributed by atoms with E-state index in [1.165, 1.54) is 4.90 Å². The zero-order valence-corrected chi connectivity index (χ0v) is 8.96. The van der Waals surface area contributed by atoms with Crippen molar-refractivity contribution in [2.24, 2.45) is 0 Å². The van der Waals surface area contributed by atoms with Gasteiger partial charge in [-0.25, -0.2) is 0 Å².